The number of methoxy groups -OCH3 is 1. The third kappa shape index (κ3) is 6.88. The van der Waals surface area contributed by atoms with Crippen molar-refractivity contribution in [3.8, 4) is 11.1 Å². The van der Waals surface area contributed by atoms with Gasteiger partial charge >= 0.3 is 0 Å². The van der Waals surface area contributed by atoms with Crippen LogP contribution in [-0.4, -0.2) is 13.7 Å². The van der Waals surface area contributed by atoms with Gasteiger partial charge in [-0.25, -0.2) is 8.78 Å². The van der Waals surface area contributed by atoms with Crippen molar-refractivity contribution in [1.82, 2.24) is 0 Å². The third-order valence-electron chi connectivity index (χ3n) is 8.46. The van der Waals surface area contributed by atoms with Crippen LogP contribution < -0.4 is 0 Å². The molecule has 180 valence electrons. The molecule has 3 heteroatoms. The topological polar surface area (TPSA) is 9.23 Å². The number of hydrogen-bond donors (Lipinski definition) is 0. The van der Waals surface area contributed by atoms with E-state index in [2.05, 4.69) is 12.1 Å². The van der Waals surface area contributed by atoms with Gasteiger partial charge in [-0.2, -0.15) is 0 Å². The highest BCUT2D eigenvalue weighted by atomic mass is 19.2. The molecule has 33 heavy (non-hydrogen) atoms. The van der Waals surface area contributed by atoms with Gasteiger partial charge in [0.05, 0.1) is 0 Å². The van der Waals surface area contributed by atoms with Crippen LogP contribution in [0.5, 0.6) is 0 Å². The number of benzene rings is 2. The Morgan fingerprint density at radius 3 is 1.85 bits per heavy atom. The van der Waals surface area contributed by atoms with E-state index in [1.165, 1.54) is 88.3 Å². The lowest BCUT2D eigenvalue weighted by molar-refractivity contribution is 0.133. The van der Waals surface area contributed by atoms with Crippen molar-refractivity contribution < 1.29 is 13.5 Å². The average molecular weight is 455 g/mol. The van der Waals surface area contributed by atoms with Crippen LogP contribution in [0.25, 0.3) is 11.1 Å². The molecule has 0 aliphatic heterocycles. The fourth-order valence-electron chi connectivity index (χ4n) is 6.32. The van der Waals surface area contributed by atoms with Crippen LogP contribution in [0, 0.1) is 35.3 Å². The largest absolute Gasteiger partial charge is 0.385 e. The molecule has 2 aromatic carbocycles. The van der Waals surface area contributed by atoms with Crippen LogP contribution in [-0.2, 0) is 11.2 Å². The second kappa shape index (κ2) is 12.1. The van der Waals surface area contributed by atoms with Gasteiger partial charge in [0.2, 0.25) is 0 Å². The van der Waals surface area contributed by atoms with E-state index in [-0.39, 0.29) is 0 Å². The van der Waals surface area contributed by atoms with E-state index in [1.54, 1.807) is 6.07 Å². The van der Waals surface area contributed by atoms with E-state index < -0.39 is 11.6 Å². The second-order valence-electron chi connectivity index (χ2n) is 10.6. The van der Waals surface area contributed by atoms with E-state index in [1.807, 2.05) is 19.2 Å². The molecule has 4 rings (SSSR count). The lowest BCUT2D eigenvalue weighted by Gasteiger charge is -2.38. The van der Waals surface area contributed by atoms with Crippen molar-refractivity contribution in [1.29, 1.82) is 0 Å². The Morgan fingerprint density at radius 2 is 1.27 bits per heavy atom. The van der Waals surface area contributed by atoms with Crippen LogP contribution >= 0.6 is 0 Å². The SMILES string of the molecule is COCCCC1CCC(C2CCC(CCc3ccc(-c4ccc(F)c(F)c4)cc3)CC2)CC1. The maximum Gasteiger partial charge on any atom is 0.159 e. The fourth-order valence-corrected chi connectivity index (χ4v) is 6.32. The summed E-state index contributed by atoms with van der Waals surface area (Å²) in [5.41, 5.74) is 3.00. The predicted molar refractivity (Wildman–Crippen MR) is 132 cm³/mol. The Hall–Kier alpha value is -1.74. The van der Waals surface area contributed by atoms with Gasteiger partial charge in [0.1, 0.15) is 0 Å². The summed E-state index contributed by atoms with van der Waals surface area (Å²) in [6, 6.07) is 12.5. The molecule has 0 saturated heterocycles. The van der Waals surface area contributed by atoms with E-state index >= 15 is 0 Å². The van der Waals surface area contributed by atoms with Gasteiger partial charge in [0.15, 0.2) is 11.6 Å². The Balaban J connectivity index is 1.17. The van der Waals surface area contributed by atoms with Gasteiger partial charge in [-0.15, -0.1) is 0 Å². The maximum absolute atomic E-state index is 13.5. The van der Waals surface area contributed by atoms with Crippen LogP contribution in [0.3, 0.4) is 0 Å². The molecule has 0 amide bonds. The molecule has 2 aliphatic rings. The molecular weight excluding hydrogens is 414 g/mol. The quantitative estimate of drug-likeness (QED) is 0.345. The minimum absolute atomic E-state index is 0.725. The van der Waals surface area contributed by atoms with E-state index in [0.717, 1.165) is 47.8 Å². The van der Waals surface area contributed by atoms with Gasteiger partial charge in [0.25, 0.3) is 0 Å². The molecular formula is C30H40F2O. The zero-order valence-electron chi connectivity index (χ0n) is 20.2. The molecule has 2 aliphatic carbocycles. The van der Waals surface area contributed by atoms with Gasteiger partial charge in [-0.1, -0.05) is 56.0 Å². The second-order valence-corrected chi connectivity index (χ2v) is 10.6. The lowest BCUT2D eigenvalue weighted by Crippen LogP contribution is -2.26. The Bertz CT molecular complexity index is 846. The molecule has 0 bridgehead atoms. The fraction of sp³-hybridized carbons (Fsp3) is 0.600. The van der Waals surface area contributed by atoms with Gasteiger partial charge in [-0.05, 0) is 104 Å². The Kier molecular flexibility index (Phi) is 8.95. The first-order valence-electron chi connectivity index (χ1n) is 13.2. The molecule has 0 spiro atoms. The summed E-state index contributed by atoms with van der Waals surface area (Å²) in [7, 11) is 1.81. The first-order chi connectivity index (χ1) is 16.1. The molecule has 2 saturated carbocycles. The highest BCUT2D eigenvalue weighted by Gasteiger charge is 2.30. The molecule has 0 heterocycles. The molecule has 2 aromatic rings. The van der Waals surface area contributed by atoms with Crippen molar-refractivity contribution in [2.24, 2.45) is 23.7 Å². The lowest BCUT2D eigenvalue weighted by atomic mass is 9.68. The summed E-state index contributed by atoms with van der Waals surface area (Å²) < 4.78 is 31.9. The minimum Gasteiger partial charge on any atom is -0.385 e. The normalized spacial score (nSPS) is 25.8. The first-order valence-corrected chi connectivity index (χ1v) is 13.2. The van der Waals surface area contributed by atoms with E-state index in [0.29, 0.717) is 0 Å². The summed E-state index contributed by atoms with van der Waals surface area (Å²) in [5.74, 6) is 2.17. The van der Waals surface area contributed by atoms with Crippen molar-refractivity contribution in [3.05, 3.63) is 59.7 Å². The zero-order valence-corrected chi connectivity index (χ0v) is 20.2. The summed E-state index contributed by atoms with van der Waals surface area (Å²) >= 11 is 0. The number of halogens is 2. The summed E-state index contributed by atoms with van der Waals surface area (Å²) in [5, 5.41) is 0. The Labute approximate surface area is 198 Å². The van der Waals surface area contributed by atoms with Gasteiger partial charge in [0, 0.05) is 13.7 Å². The zero-order chi connectivity index (χ0) is 23.0. The smallest absolute Gasteiger partial charge is 0.159 e. The number of hydrogen-bond acceptors (Lipinski definition) is 1. The third-order valence-corrected chi connectivity index (χ3v) is 8.46. The van der Waals surface area contributed by atoms with Crippen molar-refractivity contribution in [2.75, 3.05) is 13.7 Å². The molecule has 0 aromatic heterocycles. The first kappa shape index (κ1) is 24.4. The number of ether oxygens (including phenoxy) is 1. The highest BCUT2D eigenvalue weighted by Crippen LogP contribution is 2.43. The van der Waals surface area contributed by atoms with Crippen LogP contribution in [0.4, 0.5) is 8.78 Å². The van der Waals surface area contributed by atoms with Crippen LogP contribution in [0.15, 0.2) is 42.5 Å². The highest BCUT2D eigenvalue weighted by molar-refractivity contribution is 5.63. The van der Waals surface area contributed by atoms with Crippen molar-refractivity contribution in [3.63, 3.8) is 0 Å². The van der Waals surface area contributed by atoms with Gasteiger partial charge < -0.3 is 4.74 Å². The molecule has 2 fully saturated rings. The standard InChI is InChI=1S/C30H40F2O/c1-33-20-2-3-22-6-12-25(13-7-22)26-14-8-23(9-15-26)4-5-24-10-16-27(17-11-24)28-18-19-29(31)30(32)21-28/h10-11,16-19,21-23,25-26H,2-9,12-15,20H2,1H3. The van der Waals surface area contributed by atoms with Gasteiger partial charge in [-0.3, -0.25) is 0 Å². The summed E-state index contributed by atoms with van der Waals surface area (Å²) in [6.07, 6.45) is 16.4. The van der Waals surface area contributed by atoms with E-state index in [9.17, 15) is 8.78 Å². The summed E-state index contributed by atoms with van der Waals surface area (Å²) in [4.78, 5) is 0. The summed E-state index contributed by atoms with van der Waals surface area (Å²) in [6.45, 7) is 0.919. The van der Waals surface area contributed by atoms with E-state index in [4.69, 9.17) is 4.74 Å². The molecule has 0 atom stereocenters. The molecule has 0 unspecified atom stereocenters. The molecule has 1 nitrogen and oxygen atoms in total. The number of aryl methyl sites for hydroxylation is 1. The van der Waals surface area contributed by atoms with Crippen molar-refractivity contribution >= 4 is 0 Å². The minimum atomic E-state index is -0.796. The maximum atomic E-state index is 13.5. The van der Waals surface area contributed by atoms with Crippen molar-refractivity contribution in [2.45, 2.75) is 77.0 Å². The molecule has 0 N–H and O–H groups in total. The monoisotopic (exact) mass is 454 g/mol. The Morgan fingerprint density at radius 1 is 0.697 bits per heavy atom. The van der Waals surface area contributed by atoms with Crippen LogP contribution in [0.2, 0.25) is 0 Å². The van der Waals surface area contributed by atoms with Crippen LogP contribution in [0.1, 0.15) is 76.2 Å². The average Bonchev–Trinajstić information content (AvgIpc) is 2.86. The number of rotatable bonds is 9. The molecule has 0 radical (unpaired) electrons. The predicted octanol–water partition coefficient (Wildman–Crippen LogP) is 8.60.